The maximum absolute atomic E-state index is 13.7. The number of nitrogens with zero attached hydrogens (tertiary/aromatic N) is 2. The first-order valence-electron chi connectivity index (χ1n) is 8.12. The van der Waals surface area contributed by atoms with Crippen LogP contribution in [0.4, 0.5) is 8.78 Å². The van der Waals surface area contributed by atoms with Crippen molar-refractivity contribution in [3.05, 3.63) is 77.0 Å². The van der Waals surface area contributed by atoms with Crippen molar-refractivity contribution in [1.82, 2.24) is 9.97 Å². The number of aryl methyl sites for hydroxylation is 1. The van der Waals surface area contributed by atoms with Gasteiger partial charge in [0.1, 0.15) is 17.4 Å². The van der Waals surface area contributed by atoms with Crippen LogP contribution in [0.3, 0.4) is 0 Å². The lowest BCUT2D eigenvalue weighted by atomic mass is 10.1. The van der Waals surface area contributed by atoms with E-state index >= 15 is 0 Å². The normalized spacial score (nSPS) is 10.7. The molecule has 0 aliphatic carbocycles. The number of hydrogen-bond donors (Lipinski definition) is 0. The number of benzene rings is 2. The van der Waals surface area contributed by atoms with E-state index in [1.54, 1.807) is 37.3 Å². The number of ether oxygens (including phenoxy) is 1. The minimum absolute atomic E-state index is 0.0186. The Kier molecular flexibility index (Phi) is 5.81. The summed E-state index contributed by atoms with van der Waals surface area (Å²) in [6.07, 6.45) is 0. The minimum Gasteiger partial charge on any atom is -0.439 e. The lowest BCUT2D eigenvalue weighted by Crippen LogP contribution is -1.97. The summed E-state index contributed by atoms with van der Waals surface area (Å²) in [5, 5.41) is 0.355. The van der Waals surface area contributed by atoms with Gasteiger partial charge in [-0.25, -0.2) is 13.8 Å². The van der Waals surface area contributed by atoms with Crippen LogP contribution in [-0.4, -0.2) is 15.8 Å². The van der Waals surface area contributed by atoms with E-state index in [0.29, 0.717) is 28.0 Å². The monoisotopic (exact) mass is 386 g/mol. The fourth-order valence-electron chi connectivity index (χ4n) is 2.32. The van der Waals surface area contributed by atoms with Gasteiger partial charge in [0.25, 0.3) is 0 Å². The summed E-state index contributed by atoms with van der Waals surface area (Å²) < 4.78 is 33.2. The number of hydrogen-bond acceptors (Lipinski definition) is 5. The molecule has 0 aliphatic rings. The van der Waals surface area contributed by atoms with Crippen molar-refractivity contribution in [1.29, 1.82) is 0 Å². The molecule has 0 saturated heterocycles. The Balaban J connectivity index is 1.75. The van der Waals surface area contributed by atoms with Crippen LogP contribution in [0.5, 0.6) is 11.6 Å². The molecule has 27 heavy (non-hydrogen) atoms. The summed E-state index contributed by atoms with van der Waals surface area (Å²) in [4.78, 5) is 19.9. The average molecular weight is 386 g/mol. The average Bonchev–Trinajstić information content (AvgIpc) is 2.61. The van der Waals surface area contributed by atoms with Crippen LogP contribution in [0.25, 0.3) is 0 Å². The lowest BCUT2D eigenvalue weighted by Gasteiger charge is -2.08. The van der Waals surface area contributed by atoms with Crippen LogP contribution in [-0.2, 0) is 5.75 Å². The largest absolute Gasteiger partial charge is 0.439 e. The van der Waals surface area contributed by atoms with Crippen molar-refractivity contribution in [3.8, 4) is 11.6 Å². The molecule has 3 aromatic rings. The maximum Gasteiger partial charge on any atom is 0.223 e. The summed E-state index contributed by atoms with van der Waals surface area (Å²) in [5.74, 6) is -0.328. The minimum atomic E-state index is -0.600. The first-order valence-corrected chi connectivity index (χ1v) is 9.11. The van der Waals surface area contributed by atoms with Crippen LogP contribution in [0.1, 0.15) is 28.5 Å². The zero-order valence-corrected chi connectivity index (χ0v) is 15.5. The quantitative estimate of drug-likeness (QED) is 0.325. The fraction of sp³-hybridized carbons (Fsp3) is 0.150. The third-order valence-corrected chi connectivity index (χ3v) is 4.57. The maximum atomic E-state index is 13.7. The smallest absolute Gasteiger partial charge is 0.223 e. The Morgan fingerprint density at radius 1 is 1.07 bits per heavy atom. The molecular weight excluding hydrogens is 370 g/mol. The predicted molar refractivity (Wildman–Crippen MR) is 99.2 cm³/mol. The zero-order valence-electron chi connectivity index (χ0n) is 14.7. The number of ketones is 1. The van der Waals surface area contributed by atoms with Crippen LogP contribution in [0.2, 0.25) is 0 Å². The van der Waals surface area contributed by atoms with E-state index in [-0.39, 0.29) is 17.1 Å². The molecule has 0 radical (unpaired) electrons. The van der Waals surface area contributed by atoms with E-state index in [9.17, 15) is 13.6 Å². The van der Waals surface area contributed by atoms with Gasteiger partial charge in [-0.2, -0.15) is 4.98 Å². The third-order valence-electron chi connectivity index (χ3n) is 3.70. The van der Waals surface area contributed by atoms with Gasteiger partial charge in [-0.3, -0.25) is 4.79 Å². The zero-order chi connectivity index (χ0) is 19.4. The molecule has 7 heteroatoms. The highest BCUT2D eigenvalue weighted by Crippen LogP contribution is 2.27. The van der Waals surface area contributed by atoms with E-state index < -0.39 is 11.6 Å². The van der Waals surface area contributed by atoms with Crippen molar-refractivity contribution < 1.29 is 18.3 Å². The number of Topliss-reactive ketones (excluding diaryl/α,β-unsaturated/α-hetero) is 1. The molecule has 0 unspecified atom stereocenters. The second-order valence-electron chi connectivity index (χ2n) is 5.80. The molecule has 0 N–H and O–H groups in total. The predicted octanol–water partition coefficient (Wildman–Crippen LogP) is 5.35. The SMILES string of the molecule is CC(=O)c1ccc(Oc2cc(C)nc(SCc3c(F)cccc3F)n2)cc1. The third kappa shape index (κ3) is 4.89. The molecule has 0 amide bonds. The topological polar surface area (TPSA) is 52.1 Å². The molecule has 0 spiro atoms. The van der Waals surface area contributed by atoms with Gasteiger partial charge >= 0.3 is 0 Å². The number of aromatic nitrogens is 2. The Labute approximate surface area is 159 Å². The van der Waals surface area contributed by atoms with Crippen molar-refractivity contribution in [3.63, 3.8) is 0 Å². The molecule has 0 aliphatic heterocycles. The molecule has 0 bridgehead atoms. The molecule has 4 nitrogen and oxygen atoms in total. The summed E-state index contributed by atoms with van der Waals surface area (Å²) >= 11 is 1.12. The van der Waals surface area contributed by atoms with Crippen LogP contribution in [0, 0.1) is 18.6 Å². The second kappa shape index (κ2) is 8.26. The summed E-state index contributed by atoms with van der Waals surface area (Å²) in [6, 6.07) is 12.1. The Hall–Kier alpha value is -2.80. The highest BCUT2D eigenvalue weighted by molar-refractivity contribution is 7.98. The van der Waals surface area contributed by atoms with Crippen LogP contribution in [0.15, 0.2) is 53.7 Å². The molecule has 2 aromatic carbocycles. The molecule has 138 valence electrons. The summed E-state index contributed by atoms with van der Waals surface area (Å²) in [7, 11) is 0. The lowest BCUT2D eigenvalue weighted by molar-refractivity contribution is 0.101. The molecule has 0 atom stereocenters. The number of carbonyl (C=O) groups is 1. The van der Waals surface area contributed by atoms with Gasteiger partial charge in [0.2, 0.25) is 5.88 Å². The highest BCUT2D eigenvalue weighted by Gasteiger charge is 2.11. The molecule has 0 saturated carbocycles. The van der Waals surface area contributed by atoms with Crippen LogP contribution >= 0.6 is 11.8 Å². The van der Waals surface area contributed by atoms with E-state index in [1.807, 2.05) is 0 Å². The van der Waals surface area contributed by atoms with Crippen molar-refractivity contribution in [2.75, 3.05) is 0 Å². The summed E-state index contributed by atoms with van der Waals surface area (Å²) in [5.41, 5.74) is 1.23. The van der Waals surface area contributed by atoms with E-state index in [0.717, 1.165) is 11.8 Å². The van der Waals surface area contributed by atoms with E-state index in [1.165, 1.54) is 25.1 Å². The van der Waals surface area contributed by atoms with Gasteiger partial charge in [0, 0.05) is 28.6 Å². The molecule has 3 rings (SSSR count). The number of rotatable bonds is 6. The van der Waals surface area contributed by atoms with Crippen LogP contribution < -0.4 is 4.74 Å². The van der Waals surface area contributed by atoms with Gasteiger partial charge in [0.15, 0.2) is 10.9 Å². The van der Waals surface area contributed by atoms with Crippen molar-refractivity contribution in [2.45, 2.75) is 24.8 Å². The molecular formula is C20H16F2N2O2S. The van der Waals surface area contributed by atoms with E-state index in [2.05, 4.69) is 9.97 Å². The number of thioether (sulfide) groups is 1. The van der Waals surface area contributed by atoms with E-state index in [4.69, 9.17) is 4.74 Å². The second-order valence-corrected chi connectivity index (χ2v) is 6.74. The number of carbonyl (C=O) groups excluding carboxylic acids is 1. The molecule has 1 heterocycles. The van der Waals surface area contributed by atoms with Gasteiger partial charge in [-0.05, 0) is 50.2 Å². The molecule has 1 aromatic heterocycles. The number of halogens is 2. The first kappa shape index (κ1) is 19.0. The van der Waals surface area contributed by atoms with Crippen molar-refractivity contribution >= 4 is 17.5 Å². The first-order chi connectivity index (χ1) is 12.9. The van der Waals surface area contributed by atoms with Gasteiger partial charge in [0.05, 0.1) is 0 Å². The Morgan fingerprint density at radius 3 is 2.37 bits per heavy atom. The molecule has 0 fully saturated rings. The standard InChI is InChI=1S/C20H16F2N2O2S/c1-12-10-19(26-15-8-6-14(7-9-15)13(2)25)24-20(23-12)27-11-16-17(21)4-3-5-18(16)22/h3-10H,11H2,1-2H3. The van der Waals surface area contributed by atoms with Crippen molar-refractivity contribution in [2.24, 2.45) is 0 Å². The summed E-state index contributed by atoms with van der Waals surface area (Å²) in [6.45, 7) is 3.27. The van der Waals surface area contributed by atoms with Gasteiger partial charge in [-0.15, -0.1) is 0 Å². The van der Waals surface area contributed by atoms with Gasteiger partial charge in [-0.1, -0.05) is 17.8 Å². The highest BCUT2D eigenvalue weighted by atomic mass is 32.2. The Bertz CT molecular complexity index is 958. The van der Waals surface area contributed by atoms with Gasteiger partial charge < -0.3 is 4.74 Å². The fourth-order valence-corrected chi connectivity index (χ4v) is 3.23. The Morgan fingerprint density at radius 2 is 1.74 bits per heavy atom.